The summed E-state index contributed by atoms with van der Waals surface area (Å²) in [6.07, 6.45) is 9.46. The fraction of sp³-hybridized carbons (Fsp3) is 1.00. The van der Waals surface area contributed by atoms with Crippen LogP contribution in [0.5, 0.6) is 0 Å². The third-order valence-electron chi connectivity index (χ3n) is 2.50. The van der Waals surface area contributed by atoms with E-state index in [1.807, 2.05) is 6.92 Å². The van der Waals surface area contributed by atoms with Crippen molar-refractivity contribution in [2.45, 2.75) is 78.2 Å². The molecule has 1 unspecified atom stereocenters. The Morgan fingerprint density at radius 3 is 2.25 bits per heavy atom. The van der Waals surface area contributed by atoms with Crippen LogP contribution in [0.25, 0.3) is 0 Å². The molecule has 0 saturated carbocycles. The van der Waals surface area contributed by atoms with E-state index in [9.17, 15) is 0 Å². The second kappa shape index (κ2) is 12.9. The van der Waals surface area contributed by atoms with Gasteiger partial charge in [-0.2, -0.15) is 0 Å². The molecule has 0 amide bonds. The van der Waals surface area contributed by atoms with E-state index in [4.69, 9.17) is 14.8 Å². The van der Waals surface area contributed by atoms with Crippen LogP contribution in [0.15, 0.2) is 0 Å². The van der Waals surface area contributed by atoms with Gasteiger partial charge in [0, 0.05) is 0 Å². The monoisotopic (exact) mass is 232 g/mol. The highest BCUT2D eigenvalue weighted by Crippen LogP contribution is 2.13. The van der Waals surface area contributed by atoms with Crippen molar-refractivity contribution < 1.29 is 14.8 Å². The lowest BCUT2D eigenvalue weighted by atomic mass is 10.1. The number of hydrogen-bond acceptors (Lipinski definition) is 3. The Morgan fingerprint density at radius 1 is 0.812 bits per heavy atom. The van der Waals surface area contributed by atoms with Gasteiger partial charge in [0.05, 0.1) is 12.7 Å². The summed E-state index contributed by atoms with van der Waals surface area (Å²) in [5.74, 6) is 0. The quantitative estimate of drug-likeness (QED) is 0.283. The van der Waals surface area contributed by atoms with Crippen molar-refractivity contribution in [3.8, 4) is 0 Å². The van der Waals surface area contributed by atoms with Crippen LogP contribution < -0.4 is 0 Å². The van der Waals surface area contributed by atoms with Gasteiger partial charge in [-0.05, 0) is 19.3 Å². The molecule has 0 aliphatic rings. The maximum atomic E-state index is 5.24. The Kier molecular flexibility index (Phi) is 12.9. The van der Waals surface area contributed by atoms with Gasteiger partial charge in [-0.25, -0.2) is 9.78 Å². The Morgan fingerprint density at radius 2 is 1.62 bits per heavy atom. The summed E-state index contributed by atoms with van der Waals surface area (Å²) < 4.78 is 0. The normalized spacial score (nSPS) is 12.9. The minimum atomic E-state index is 0.193. The molecular formula is C13H28O3. The lowest BCUT2D eigenvalue weighted by Gasteiger charge is -2.14. The molecule has 0 radical (unpaired) electrons. The van der Waals surface area contributed by atoms with Crippen LogP contribution in [0, 0.1) is 0 Å². The summed E-state index contributed by atoms with van der Waals surface area (Å²) in [6.45, 7) is 7.02. The number of unbranched alkanes of at least 4 members (excludes halogenated alkanes) is 3. The number of hydrogen-bond donors (Lipinski definition) is 0. The van der Waals surface area contributed by atoms with Gasteiger partial charge in [0.15, 0.2) is 0 Å². The van der Waals surface area contributed by atoms with Gasteiger partial charge in [-0.1, -0.05) is 57.9 Å². The smallest absolute Gasteiger partial charge is 0.0961 e. The highest BCUT2D eigenvalue weighted by molar-refractivity contribution is 4.55. The van der Waals surface area contributed by atoms with Crippen molar-refractivity contribution in [3.05, 3.63) is 0 Å². The zero-order chi connectivity index (χ0) is 12.1. The van der Waals surface area contributed by atoms with Gasteiger partial charge in [0.25, 0.3) is 0 Å². The standard InChI is InChI=1S/C13H28O3/c1-4-7-8-9-11-13(10-5-2)15-16-14-12-6-3/h13H,4-12H2,1-3H3. The van der Waals surface area contributed by atoms with Crippen molar-refractivity contribution in [2.24, 2.45) is 0 Å². The molecule has 0 bridgehead atoms. The molecule has 16 heavy (non-hydrogen) atoms. The molecule has 1 atom stereocenters. The molecule has 0 rings (SSSR count). The summed E-state index contributed by atoms with van der Waals surface area (Å²) in [5, 5.41) is 4.75. The van der Waals surface area contributed by atoms with E-state index >= 15 is 0 Å². The molecule has 0 aliphatic heterocycles. The molecule has 98 valence electrons. The topological polar surface area (TPSA) is 27.7 Å². The lowest BCUT2D eigenvalue weighted by Crippen LogP contribution is -2.13. The van der Waals surface area contributed by atoms with E-state index in [0.29, 0.717) is 6.61 Å². The Bertz CT molecular complexity index is 116. The maximum Gasteiger partial charge on any atom is 0.0961 e. The van der Waals surface area contributed by atoms with Crippen molar-refractivity contribution in [3.63, 3.8) is 0 Å². The van der Waals surface area contributed by atoms with Crippen molar-refractivity contribution in [1.82, 2.24) is 0 Å². The molecule has 0 fully saturated rings. The van der Waals surface area contributed by atoms with E-state index in [1.54, 1.807) is 0 Å². The Labute approximate surface area is 100 Å². The molecule has 3 nitrogen and oxygen atoms in total. The molecule has 0 spiro atoms. The first-order valence-corrected chi connectivity index (χ1v) is 6.80. The predicted octanol–water partition coefficient (Wildman–Crippen LogP) is 4.42. The maximum absolute atomic E-state index is 5.24. The van der Waals surface area contributed by atoms with Crippen molar-refractivity contribution >= 4 is 0 Å². The fourth-order valence-electron chi connectivity index (χ4n) is 1.56. The van der Waals surface area contributed by atoms with Crippen LogP contribution in [0.1, 0.15) is 72.1 Å². The molecule has 0 aliphatic carbocycles. The zero-order valence-corrected chi connectivity index (χ0v) is 11.2. The summed E-state index contributed by atoms with van der Waals surface area (Å²) in [7, 11) is 0. The predicted molar refractivity (Wildman–Crippen MR) is 65.9 cm³/mol. The summed E-state index contributed by atoms with van der Waals surface area (Å²) in [6, 6.07) is 0. The van der Waals surface area contributed by atoms with E-state index in [-0.39, 0.29) is 6.10 Å². The second-order valence-corrected chi connectivity index (χ2v) is 4.25. The van der Waals surface area contributed by atoms with Crippen LogP contribution >= 0.6 is 0 Å². The minimum absolute atomic E-state index is 0.193. The van der Waals surface area contributed by atoms with E-state index in [0.717, 1.165) is 25.7 Å². The Balaban J connectivity index is 3.45. The average Bonchev–Trinajstić information content (AvgIpc) is 2.30. The second-order valence-electron chi connectivity index (χ2n) is 4.25. The third-order valence-corrected chi connectivity index (χ3v) is 2.50. The van der Waals surface area contributed by atoms with Crippen LogP contribution in [-0.2, 0) is 14.8 Å². The van der Waals surface area contributed by atoms with Gasteiger partial charge in [0.2, 0.25) is 0 Å². The van der Waals surface area contributed by atoms with Crippen molar-refractivity contribution in [2.75, 3.05) is 6.61 Å². The molecule has 0 N–H and O–H groups in total. The van der Waals surface area contributed by atoms with Crippen LogP contribution in [-0.4, -0.2) is 12.7 Å². The molecule has 3 heteroatoms. The Hall–Kier alpha value is -0.120. The largest absolute Gasteiger partial charge is 0.206 e. The number of rotatable bonds is 12. The first-order chi connectivity index (χ1) is 7.85. The molecular weight excluding hydrogens is 204 g/mol. The van der Waals surface area contributed by atoms with Crippen LogP contribution in [0.3, 0.4) is 0 Å². The minimum Gasteiger partial charge on any atom is -0.206 e. The zero-order valence-electron chi connectivity index (χ0n) is 11.2. The fourth-order valence-corrected chi connectivity index (χ4v) is 1.56. The van der Waals surface area contributed by atoms with E-state index in [2.05, 4.69) is 13.8 Å². The summed E-state index contributed by atoms with van der Waals surface area (Å²) in [4.78, 5) is 10.1. The molecule has 0 aromatic heterocycles. The van der Waals surface area contributed by atoms with Gasteiger partial charge in [-0.15, -0.1) is 0 Å². The SMILES string of the molecule is CCCCCCC(CCC)OOOCCC. The third kappa shape index (κ3) is 10.4. The van der Waals surface area contributed by atoms with Gasteiger partial charge in [-0.3, -0.25) is 0 Å². The molecule has 0 heterocycles. The van der Waals surface area contributed by atoms with Crippen LogP contribution in [0.4, 0.5) is 0 Å². The lowest BCUT2D eigenvalue weighted by molar-refractivity contribution is -0.527. The average molecular weight is 232 g/mol. The van der Waals surface area contributed by atoms with E-state index in [1.165, 1.54) is 25.7 Å². The highest BCUT2D eigenvalue weighted by Gasteiger charge is 2.09. The van der Waals surface area contributed by atoms with E-state index < -0.39 is 0 Å². The first kappa shape index (κ1) is 15.9. The first-order valence-electron chi connectivity index (χ1n) is 6.80. The van der Waals surface area contributed by atoms with Gasteiger partial charge >= 0.3 is 0 Å². The highest BCUT2D eigenvalue weighted by atomic mass is 17.5. The summed E-state index contributed by atoms with van der Waals surface area (Å²) >= 11 is 0. The van der Waals surface area contributed by atoms with Gasteiger partial charge < -0.3 is 0 Å². The van der Waals surface area contributed by atoms with Crippen LogP contribution in [0.2, 0.25) is 0 Å². The van der Waals surface area contributed by atoms with Gasteiger partial charge in [0.1, 0.15) is 0 Å². The van der Waals surface area contributed by atoms with Crippen molar-refractivity contribution in [1.29, 1.82) is 0 Å². The molecule has 0 saturated heterocycles. The molecule has 0 aromatic carbocycles. The summed E-state index contributed by atoms with van der Waals surface area (Å²) in [5.41, 5.74) is 0. The molecule has 0 aromatic rings.